The first kappa shape index (κ1) is 15.7. The third-order valence-corrected chi connectivity index (χ3v) is 4.28. The fourth-order valence-corrected chi connectivity index (χ4v) is 2.95. The van der Waals surface area contributed by atoms with Crippen LogP contribution in [-0.4, -0.2) is 22.2 Å². The summed E-state index contributed by atoms with van der Waals surface area (Å²) < 4.78 is 10.9. The summed E-state index contributed by atoms with van der Waals surface area (Å²) in [5, 5.41) is 4.51. The van der Waals surface area contributed by atoms with Crippen molar-refractivity contribution in [3.05, 3.63) is 59.4 Å². The highest BCUT2D eigenvalue weighted by molar-refractivity contribution is 6.33. The van der Waals surface area contributed by atoms with Gasteiger partial charge in [-0.05, 0) is 31.2 Å². The average Bonchev–Trinajstić information content (AvgIpc) is 3.08. The Morgan fingerprint density at radius 1 is 1.16 bits per heavy atom. The van der Waals surface area contributed by atoms with Crippen molar-refractivity contribution in [2.24, 2.45) is 0 Å². The monoisotopic (exact) mass is 355 g/mol. The highest BCUT2D eigenvalue weighted by Gasteiger charge is 2.32. The van der Waals surface area contributed by atoms with Crippen LogP contribution in [0.25, 0.3) is 11.4 Å². The van der Waals surface area contributed by atoms with Gasteiger partial charge in [0.05, 0.1) is 10.7 Å². The van der Waals surface area contributed by atoms with Crippen LogP contribution in [0.15, 0.2) is 53.1 Å². The van der Waals surface area contributed by atoms with E-state index in [1.807, 2.05) is 42.5 Å². The number of anilines is 1. The lowest BCUT2D eigenvalue weighted by Crippen LogP contribution is -2.44. The molecule has 0 spiro atoms. The van der Waals surface area contributed by atoms with Crippen molar-refractivity contribution in [2.75, 3.05) is 4.90 Å². The van der Waals surface area contributed by atoms with Gasteiger partial charge in [-0.15, -0.1) is 0 Å². The lowest BCUT2D eigenvalue weighted by Gasteiger charge is -2.31. The van der Waals surface area contributed by atoms with Gasteiger partial charge < -0.3 is 9.26 Å². The zero-order valence-corrected chi connectivity index (χ0v) is 14.1. The van der Waals surface area contributed by atoms with Gasteiger partial charge in [-0.1, -0.05) is 41.0 Å². The van der Waals surface area contributed by atoms with Gasteiger partial charge >= 0.3 is 0 Å². The van der Waals surface area contributed by atoms with Gasteiger partial charge in [0, 0.05) is 5.56 Å². The number of fused-ring (bicyclic) bond motifs is 1. The van der Waals surface area contributed by atoms with Crippen molar-refractivity contribution in [3.8, 4) is 17.1 Å². The smallest absolute Gasteiger partial charge is 0.268 e. The molecule has 0 unspecified atom stereocenters. The van der Waals surface area contributed by atoms with Crippen molar-refractivity contribution < 1.29 is 14.1 Å². The Morgan fingerprint density at radius 3 is 2.76 bits per heavy atom. The second-order valence-electron chi connectivity index (χ2n) is 5.64. The molecule has 1 amide bonds. The second-order valence-corrected chi connectivity index (χ2v) is 6.05. The fourth-order valence-electron chi connectivity index (χ4n) is 2.73. The van der Waals surface area contributed by atoms with E-state index in [1.165, 1.54) is 0 Å². The second kappa shape index (κ2) is 6.22. The molecule has 2 heterocycles. The number of para-hydroxylation sites is 2. The molecule has 7 heteroatoms. The minimum Gasteiger partial charge on any atom is -0.479 e. The predicted molar refractivity (Wildman–Crippen MR) is 92.5 cm³/mol. The largest absolute Gasteiger partial charge is 0.479 e. The van der Waals surface area contributed by atoms with E-state index in [0.29, 0.717) is 33.7 Å². The van der Waals surface area contributed by atoms with Crippen LogP contribution in [0.4, 0.5) is 5.69 Å². The van der Waals surface area contributed by atoms with Crippen LogP contribution in [0.1, 0.15) is 12.8 Å². The Labute approximate surface area is 149 Å². The summed E-state index contributed by atoms with van der Waals surface area (Å²) in [6.45, 7) is 1.88. The molecule has 25 heavy (non-hydrogen) atoms. The molecular weight excluding hydrogens is 342 g/mol. The van der Waals surface area contributed by atoms with Crippen LogP contribution < -0.4 is 9.64 Å². The third kappa shape index (κ3) is 2.85. The van der Waals surface area contributed by atoms with Crippen LogP contribution >= 0.6 is 11.6 Å². The van der Waals surface area contributed by atoms with Crippen molar-refractivity contribution in [1.82, 2.24) is 10.1 Å². The summed E-state index contributed by atoms with van der Waals surface area (Å²) >= 11 is 6.17. The Hall–Kier alpha value is -2.86. The molecule has 0 saturated carbocycles. The molecule has 1 aliphatic rings. The molecule has 0 fully saturated rings. The van der Waals surface area contributed by atoms with Crippen molar-refractivity contribution in [3.63, 3.8) is 0 Å². The molecule has 3 aromatic rings. The van der Waals surface area contributed by atoms with E-state index in [-0.39, 0.29) is 12.5 Å². The lowest BCUT2D eigenvalue weighted by molar-refractivity contribution is -0.125. The SMILES string of the molecule is C[C@H]1Oc2ccccc2N(Cc2nc(-c3ccccc3Cl)no2)C1=O. The summed E-state index contributed by atoms with van der Waals surface area (Å²) in [6, 6.07) is 14.6. The Balaban J connectivity index is 1.65. The highest BCUT2D eigenvalue weighted by atomic mass is 35.5. The minimum absolute atomic E-state index is 0.156. The number of aromatic nitrogens is 2. The van der Waals surface area contributed by atoms with Crippen molar-refractivity contribution in [2.45, 2.75) is 19.6 Å². The topological polar surface area (TPSA) is 68.5 Å². The summed E-state index contributed by atoms with van der Waals surface area (Å²) in [4.78, 5) is 18.5. The average molecular weight is 356 g/mol. The number of rotatable bonds is 3. The molecule has 6 nitrogen and oxygen atoms in total. The van der Waals surface area contributed by atoms with E-state index in [1.54, 1.807) is 17.9 Å². The number of ether oxygens (including phenoxy) is 1. The first-order valence-corrected chi connectivity index (χ1v) is 8.16. The molecule has 0 aliphatic carbocycles. The summed E-state index contributed by atoms with van der Waals surface area (Å²) in [5.74, 6) is 1.21. The molecule has 0 bridgehead atoms. The van der Waals surface area contributed by atoms with Gasteiger partial charge in [-0.2, -0.15) is 4.98 Å². The van der Waals surface area contributed by atoms with Gasteiger partial charge in [-0.3, -0.25) is 9.69 Å². The van der Waals surface area contributed by atoms with E-state index < -0.39 is 6.10 Å². The third-order valence-electron chi connectivity index (χ3n) is 3.95. The van der Waals surface area contributed by atoms with Crippen molar-refractivity contribution >= 4 is 23.2 Å². The molecule has 1 atom stereocenters. The van der Waals surface area contributed by atoms with E-state index in [0.717, 1.165) is 0 Å². The lowest BCUT2D eigenvalue weighted by atomic mass is 10.2. The number of halogens is 1. The number of hydrogen-bond acceptors (Lipinski definition) is 5. The van der Waals surface area contributed by atoms with E-state index in [2.05, 4.69) is 10.1 Å². The summed E-state index contributed by atoms with van der Waals surface area (Å²) in [5.41, 5.74) is 1.37. The number of carbonyl (C=O) groups is 1. The maximum atomic E-state index is 12.5. The van der Waals surface area contributed by atoms with Crippen LogP contribution in [0.3, 0.4) is 0 Å². The number of benzene rings is 2. The summed E-state index contributed by atoms with van der Waals surface area (Å²) in [7, 11) is 0. The van der Waals surface area contributed by atoms with Gasteiger partial charge in [0.15, 0.2) is 6.10 Å². The van der Waals surface area contributed by atoms with Crippen molar-refractivity contribution in [1.29, 1.82) is 0 Å². The first-order chi connectivity index (χ1) is 12.1. The van der Waals surface area contributed by atoms with E-state index >= 15 is 0 Å². The van der Waals surface area contributed by atoms with E-state index in [4.69, 9.17) is 20.9 Å². The van der Waals surface area contributed by atoms with Crippen LogP contribution in [-0.2, 0) is 11.3 Å². The minimum atomic E-state index is -0.569. The molecule has 0 saturated heterocycles. The quantitative estimate of drug-likeness (QED) is 0.716. The van der Waals surface area contributed by atoms with Crippen LogP contribution in [0.5, 0.6) is 5.75 Å². The zero-order valence-electron chi connectivity index (χ0n) is 13.3. The molecule has 0 N–H and O–H groups in total. The molecule has 126 valence electrons. The van der Waals surface area contributed by atoms with Crippen LogP contribution in [0, 0.1) is 0 Å². The van der Waals surface area contributed by atoms with Gasteiger partial charge in [0.25, 0.3) is 5.91 Å². The number of nitrogens with zero attached hydrogens (tertiary/aromatic N) is 3. The number of carbonyl (C=O) groups excluding carboxylic acids is 1. The molecule has 1 aliphatic heterocycles. The molecular formula is C18H14ClN3O3. The maximum Gasteiger partial charge on any atom is 0.268 e. The Morgan fingerprint density at radius 2 is 1.92 bits per heavy atom. The van der Waals surface area contributed by atoms with Crippen LogP contribution in [0.2, 0.25) is 5.02 Å². The molecule has 1 aromatic heterocycles. The zero-order chi connectivity index (χ0) is 17.4. The normalized spacial score (nSPS) is 16.5. The van der Waals surface area contributed by atoms with Gasteiger partial charge in [0.2, 0.25) is 11.7 Å². The molecule has 2 aromatic carbocycles. The highest BCUT2D eigenvalue weighted by Crippen LogP contribution is 2.34. The predicted octanol–water partition coefficient (Wildman–Crippen LogP) is 3.70. The van der Waals surface area contributed by atoms with E-state index in [9.17, 15) is 4.79 Å². The fraction of sp³-hybridized carbons (Fsp3) is 0.167. The molecule has 0 radical (unpaired) electrons. The first-order valence-electron chi connectivity index (χ1n) is 7.78. The van der Waals surface area contributed by atoms with Gasteiger partial charge in [0.1, 0.15) is 12.3 Å². The van der Waals surface area contributed by atoms with Gasteiger partial charge in [-0.25, -0.2) is 0 Å². The summed E-state index contributed by atoms with van der Waals surface area (Å²) in [6.07, 6.45) is -0.569. The maximum absolute atomic E-state index is 12.5. The molecule has 4 rings (SSSR count). The number of amides is 1. The standard InChI is InChI=1S/C18H14ClN3O3/c1-11-18(23)22(14-8-4-5-9-15(14)24-11)10-16-20-17(21-25-16)12-6-2-3-7-13(12)19/h2-9,11H,10H2,1H3/t11-/m1/s1. The Bertz CT molecular complexity index is 941. The Kier molecular flexibility index (Phi) is 3.89. The number of hydrogen-bond donors (Lipinski definition) is 0.